The molecule has 1 aliphatic heterocycles. The Bertz CT molecular complexity index is 793. The molecule has 1 heterocycles. The molecule has 7 heteroatoms. The Hall–Kier alpha value is -1.60. The molecule has 1 aliphatic carbocycles. The normalized spacial score (nSPS) is 23.9. The maximum absolute atomic E-state index is 13.3. The van der Waals surface area contributed by atoms with Gasteiger partial charge < -0.3 is 10.1 Å². The molecule has 0 aromatic heterocycles. The van der Waals surface area contributed by atoms with Crippen LogP contribution in [0.15, 0.2) is 23.1 Å². The van der Waals surface area contributed by atoms with E-state index in [1.54, 1.807) is 12.1 Å². The number of amides is 1. The van der Waals surface area contributed by atoms with Crippen molar-refractivity contribution in [3.63, 3.8) is 0 Å². The second-order valence-corrected chi connectivity index (χ2v) is 10.2. The smallest absolute Gasteiger partial charge is 0.251 e. The summed E-state index contributed by atoms with van der Waals surface area (Å²) in [5.41, 5.74) is 0.372. The summed E-state index contributed by atoms with van der Waals surface area (Å²) < 4.78 is 33.4. The third-order valence-electron chi connectivity index (χ3n) is 6.37. The number of nitrogens with zero attached hydrogens (tertiary/aromatic N) is 1. The minimum atomic E-state index is -3.70. The van der Waals surface area contributed by atoms with Crippen molar-refractivity contribution in [2.45, 2.75) is 75.6 Å². The van der Waals surface area contributed by atoms with Crippen molar-refractivity contribution in [2.75, 3.05) is 20.2 Å². The number of sulfonamides is 1. The summed E-state index contributed by atoms with van der Waals surface area (Å²) in [5.74, 6) is 0.837. The third-order valence-corrected chi connectivity index (χ3v) is 8.29. The fourth-order valence-corrected chi connectivity index (χ4v) is 6.12. The maximum atomic E-state index is 13.3. The van der Waals surface area contributed by atoms with Crippen molar-refractivity contribution >= 4 is 15.9 Å². The van der Waals surface area contributed by atoms with Crippen LogP contribution in [0, 0.1) is 5.92 Å². The Morgan fingerprint density at radius 1 is 1.10 bits per heavy atom. The summed E-state index contributed by atoms with van der Waals surface area (Å²) >= 11 is 0. The second kappa shape index (κ2) is 9.94. The number of hydrogen-bond donors (Lipinski definition) is 1. The molecule has 29 heavy (non-hydrogen) atoms. The Morgan fingerprint density at radius 2 is 1.76 bits per heavy atom. The van der Waals surface area contributed by atoms with Gasteiger partial charge in [0.15, 0.2) is 0 Å². The molecule has 0 atom stereocenters. The number of rotatable bonds is 6. The SMILES string of the molecule is CCC1CCC(NC(=O)c2ccc(OC)c(S(=O)(=O)N3CCCCCC3)c2)CC1. The van der Waals surface area contributed by atoms with E-state index in [9.17, 15) is 13.2 Å². The number of hydrogen-bond acceptors (Lipinski definition) is 4. The molecule has 1 N–H and O–H groups in total. The lowest BCUT2D eigenvalue weighted by molar-refractivity contribution is 0.0921. The van der Waals surface area contributed by atoms with E-state index in [0.717, 1.165) is 57.3 Å². The van der Waals surface area contributed by atoms with Gasteiger partial charge >= 0.3 is 0 Å². The molecule has 0 unspecified atom stereocenters. The van der Waals surface area contributed by atoms with E-state index < -0.39 is 10.0 Å². The van der Waals surface area contributed by atoms with Gasteiger partial charge in [-0.15, -0.1) is 0 Å². The molecule has 1 aromatic carbocycles. The molecule has 0 radical (unpaired) electrons. The highest BCUT2D eigenvalue weighted by Gasteiger charge is 2.29. The zero-order valence-corrected chi connectivity index (χ0v) is 18.5. The standard InChI is InChI=1S/C22H34N2O4S/c1-3-17-8-11-19(12-9-17)23-22(25)18-10-13-20(28-2)21(16-18)29(26,27)24-14-6-4-5-7-15-24/h10,13,16-17,19H,3-9,11-12,14-15H2,1-2H3,(H,23,25). The molecule has 1 amide bonds. The van der Waals surface area contributed by atoms with Crippen molar-refractivity contribution in [1.29, 1.82) is 0 Å². The Balaban J connectivity index is 1.78. The molecule has 0 bridgehead atoms. The highest BCUT2D eigenvalue weighted by molar-refractivity contribution is 7.89. The highest BCUT2D eigenvalue weighted by Crippen LogP contribution is 2.30. The lowest BCUT2D eigenvalue weighted by Crippen LogP contribution is -2.37. The molecule has 1 aromatic rings. The van der Waals surface area contributed by atoms with E-state index >= 15 is 0 Å². The molecular weight excluding hydrogens is 388 g/mol. The zero-order chi connectivity index (χ0) is 20.9. The van der Waals surface area contributed by atoms with Crippen LogP contribution in [-0.2, 0) is 10.0 Å². The lowest BCUT2D eigenvalue weighted by atomic mass is 9.84. The molecule has 1 saturated heterocycles. The quantitative estimate of drug-likeness (QED) is 0.753. The Kier molecular flexibility index (Phi) is 7.57. The van der Waals surface area contributed by atoms with Crippen LogP contribution in [-0.4, -0.2) is 44.9 Å². The predicted octanol–water partition coefficient (Wildman–Crippen LogP) is 3.96. The van der Waals surface area contributed by atoms with E-state index in [1.165, 1.54) is 23.9 Å². The molecule has 3 rings (SSSR count). The number of carbonyl (C=O) groups excluding carboxylic acids is 1. The first-order chi connectivity index (χ1) is 14.0. The van der Waals surface area contributed by atoms with Crippen LogP contribution in [0.3, 0.4) is 0 Å². The molecule has 1 saturated carbocycles. The first-order valence-corrected chi connectivity index (χ1v) is 12.4. The summed E-state index contributed by atoms with van der Waals surface area (Å²) in [5, 5.41) is 3.10. The minimum absolute atomic E-state index is 0.0873. The average Bonchev–Trinajstić information content (AvgIpc) is 3.04. The first kappa shape index (κ1) is 22.1. The van der Waals surface area contributed by atoms with Crippen molar-refractivity contribution in [3.05, 3.63) is 23.8 Å². The van der Waals surface area contributed by atoms with Gasteiger partial charge in [0.05, 0.1) is 7.11 Å². The van der Waals surface area contributed by atoms with Crippen LogP contribution in [0.5, 0.6) is 5.75 Å². The number of methoxy groups -OCH3 is 1. The monoisotopic (exact) mass is 422 g/mol. The molecular formula is C22H34N2O4S. The Labute approximate surface area is 175 Å². The topological polar surface area (TPSA) is 75.7 Å². The fourth-order valence-electron chi connectivity index (χ4n) is 4.42. The summed E-state index contributed by atoms with van der Waals surface area (Å²) in [6, 6.07) is 4.88. The number of benzene rings is 1. The highest BCUT2D eigenvalue weighted by atomic mass is 32.2. The number of carbonyl (C=O) groups is 1. The van der Waals surface area contributed by atoms with Crippen LogP contribution >= 0.6 is 0 Å². The van der Waals surface area contributed by atoms with Gasteiger partial charge in [-0.3, -0.25) is 4.79 Å². The lowest BCUT2D eigenvalue weighted by Gasteiger charge is -2.28. The van der Waals surface area contributed by atoms with E-state index in [-0.39, 0.29) is 22.6 Å². The average molecular weight is 423 g/mol. The van der Waals surface area contributed by atoms with Crippen molar-refractivity contribution in [1.82, 2.24) is 9.62 Å². The first-order valence-electron chi connectivity index (χ1n) is 10.9. The summed E-state index contributed by atoms with van der Waals surface area (Å²) in [7, 11) is -2.24. The summed E-state index contributed by atoms with van der Waals surface area (Å²) in [6.07, 6.45) is 9.26. The van der Waals surface area contributed by atoms with E-state index in [1.807, 2.05) is 0 Å². The maximum Gasteiger partial charge on any atom is 0.251 e. The fraction of sp³-hybridized carbons (Fsp3) is 0.682. The van der Waals surface area contributed by atoms with Crippen molar-refractivity contribution < 1.29 is 17.9 Å². The molecule has 162 valence electrons. The van der Waals surface area contributed by atoms with E-state index in [2.05, 4.69) is 12.2 Å². The summed E-state index contributed by atoms with van der Waals surface area (Å²) in [4.78, 5) is 12.9. The van der Waals surface area contributed by atoms with Crippen LogP contribution in [0.25, 0.3) is 0 Å². The Morgan fingerprint density at radius 3 is 2.34 bits per heavy atom. The van der Waals surface area contributed by atoms with Crippen LogP contribution in [0.1, 0.15) is 75.1 Å². The van der Waals surface area contributed by atoms with Gasteiger partial charge in [-0.2, -0.15) is 4.31 Å². The van der Waals surface area contributed by atoms with E-state index in [4.69, 9.17) is 4.74 Å². The number of ether oxygens (including phenoxy) is 1. The van der Waals surface area contributed by atoms with Gasteiger partial charge in [-0.25, -0.2) is 8.42 Å². The van der Waals surface area contributed by atoms with Crippen LogP contribution < -0.4 is 10.1 Å². The third kappa shape index (κ3) is 5.31. The molecule has 0 spiro atoms. The molecule has 2 fully saturated rings. The van der Waals surface area contributed by atoms with Gasteiger partial charge in [0.1, 0.15) is 10.6 Å². The van der Waals surface area contributed by atoms with Crippen LogP contribution in [0.2, 0.25) is 0 Å². The summed E-state index contributed by atoms with van der Waals surface area (Å²) in [6.45, 7) is 3.25. The van der Waals surface area contributed by atoms with Gasteiger partial charge in [0.2, 0.25) is 10.0 Å². The van der Waals surface area contributed by atoms with Gasteiger partial charge in [-0.1, -0.05) is 26.2 Å². The second-order valence-electron chi connectivity index (χ2n) is 8.28. The van der Waals surface area contributed by atoms with E-state index in [0.29, 0.717) is 18.7 Å². The largest absolute Gasteiger partial charge is 0.495 e. The predicted molar refractivity (Wildman–Crippen MR) is 114 cm³/mol. The van der Waals surface area contributed by atoms with Gasteiger partial charge in [-0.05, 0) is 62.6 Å². The molecule has 2 aliphatic rings. The van der Waals surface area contributed by atoms with Gasteiger partial charge in [0, 0.05) is 24.7 Å². The van der Waals surface area contributed by atoms with Gasteiger partial charge in [0.25, 0.3) is 5.91 Å². The molecule has 6 nitrogen and oxygen atoms in total. The van der Waals surface area contributed by atoms with Crippen LogP contribution in [0.4, 0.5) is 0 Å². The number of nitrogens with one attached hydrogen (secondary N) is 1. The van der Waals surface area contributed by atoms with Crippen molar-refractivity contribution in [3.8, 4) is 5.75 Å². The van der Waals surface area contributed by atoms with Crippen molar-refractivity contribution in [2.24, 2.45) is 5.92 Å². The minimum Gasteiger partial charge on any atom is -0.495 e. The zero-order valence-electron chi connectivity index (χ0n) is 17.7.